The van der Waals surface area contributed by atoms with Gasteiger partial charge >= 0.3 is 0 Å². The number of piperazine rings is 1. The van der Waals surface area contributed by atoms with Gasteiger partial charge in [-0.3, -0.25) is 9.69 Å². The second-order valence-corrected chi connectivity index (χ2v) is 6.42. The predicted molar refractivity (Wildman–Crippen MR) is 94.7 cm³/mol. The quantitative estimate of drug-likeness (QED) is 0.805. The minimum atomic E-state index is -0.270. The van der Waals surface area contributed by atoms with Crippen molar-refractivity contribution in [3.8, 4) is 0 Å². The summed E-state index contributed by atoms with van der Waals surface area (Å²) in [7, 11) is 0. The molecular weight excluding hydrogens is 319 g/mol. The normalized spacial score (nSPS) is 15.5. The van der Waals surface area contributed by atoms with Gasteiger partial charge in [0, 0.05) is 58.1 Å². The van der Waals surface area contributed by atoms with Crippen LogP contribution in [-0.2, 0) is 24.2 Å². The molecule has 2 aromatic rings. The minimum Gasteiger partial charge on any atom is -0.340 e. The molecule has 0 radical (unpaired) electrons. The first-order valence-electron chi connectivity index (χ1n) is 8.90. The fraction of sp³-hybridized carbons (Fsp3) is 0.474. The maximum atomic E-state index is 12.9. The van der Waals surface area contributed by atoms with Crippen LogP contribution in [0.1, 0.15) is 18.3 Å². The van der Waals surface area contributed by atoms with E-state index in [2.05, 4.69) is 21.4 Å². The standard InChI is InChI=1S/C19H25FN4O/c1-2-18-21-7-8-23(18)12-9-22-10-13-24(14-11-22)19(25)15-16-3-5-17(20)6-4-16/h3-8H,2,9-15H2,1H3. The van der Waals surface area contributed by atoms with Crippen LogP contribution in [0.2, 0.25) is 0 Å². The van der Waals surface area contributed by atoms with Crippen LogP contribution in [-0.4, -0.2) is 58.0 Å². The van der Waals surface area contributed by atoms with Crippen molar-refractivity contribution in [2.24, 2.45) is 0 Å². The van der Waals surface area contributed by atoms with Gasteiger partial charge in [0.1, 0.15) is 11.6 Å². The summed E-state index contributed by atoms with van der Waals surface area (Å²) < 4.78 is 15.1. The third-order valence-corrected chi connectivity index (χ3v) is 4.77. The summed E-state index contributed by atoms with van der Waals surface area (Å²) in [4.78, 5) is 21.0. The molecule has 3 rings (SSSR count). The molecule has 1 fully saturated rings. The van der Waals surface area contributed by atoms with E-state index in [1.807, 2.05) is 17.3 Å². The molecule has 1 aromatic carbocycles. The number of aryl methyl sites for hydroxylation is 1. The number of carbonyl (C=O) groups excluding carboxylic acids is 1. The van der Waals surface area contributed by atoms with Crippen molar-refractivity contribution in [1.29, 1.82) is 0 Å². The SMILES string of the molecule is CCc1nccn1CCN1CCN(C(=O)Cc2ccc(F)cc2)CC1. The zero-order chi connectivity index (χ0) is 17.6. The molecule has 0 bridgehead atoms. The molecule has 1 aliphatic rings. The van der Waals surface area contributed by atoms with E-state index < -0.39 is 0 Å². The molecule has 1 amide bonds. The maximum absolute atomic E-state index is 12.9. The van der Waals surface area contributed by atoms with Crippen molar-refractivity contribution in [2.75, 3.05) is 32.7 Å². The molecule has 0 spiro atoms. The molecule has 1 saturated heterocycles. The molecule has 1 aliphatic heterocycles. The van der Waals surface area contributed by atoms with E-state index in [0.29, 0.717) is 6.42 Å². The molecule has 0 N–H and O–H groups in total. The van der Waals surface area contributed by atoms with E-state index in [0.717, 1.165) is 57.1 Å². The number of nitrogens with zero attached hydrogens (tertiary/aromatic N) is 4. The lowest BCUT2D eigenvalue weighted by molar-refractivity contribution is -0.132. The van der Waals surface area contributed by atoms with E-state index in [-0.39, 0.29) is 11.7 Å². The summed E-state index contributed by atoms with van der Waals surface area (Å²) in [5.74, 6) is 0.969. The Morgan fingerprint density at radius 3 is 2.52 bits per heavy atom. The highest BCUT2D eigenvalue weighted by atomic mass is 19.1. The van der Waals surface area contributed by atoms with Gasteiger partial charge in [0.2, 0.25) is 5.91 Å². The van der Waals surface area contributed by atoms with E-state index >= 15 is 0 Å². The summed E-state index contributed by atoms with van der Waals surface area (Å²) in [6.07, 6.45) is 5.17. The third-order valence-electron chi connectivity index (χ3n) is 4.77. The van der Waals surface area contributed by atoms with Crippen LogP contribution in [0.15, 0.2) is 36.7 Å². The molecule has 25 heavy (non-hydrogen) atoms. The molecule has 2 heterocycles. The highest BCUT2D eigenvalue weighted by Gasteiger charge is 2.21. The second kappa shape index (κ2) is 8.25. The average Bonchev–Trinajstić information content (AvgIpc) is 3.10. The van der Waals surface area contributed by atoms with Gasteiger partial charge in [-0.25, -0.2) is 9.37 Å². The van der Waals surface area contributed by atoms with Crippen LogP contribution < -0.4 is 0 Å². The van der Waals surface area contributed by atoms with Crippen LogP contribution in [0.5, 0.6) is 0 Å². The first-order chi connectivity index (χ1) is 12.2. The average molecular weight is 344 g/mol. The molecular formula is C19H25FN4O. The summed E-state index contributed by atoms with van der Waals surface area (Å²) in [6, 6.07) is 6.17. The van der Waals surface area contributed by atoms with E-state index in [9.17, 15) is 9.18 Å². The van der Waals surface area contributed by atoms with Crippen LogP contribution in [0.4, 0.5) is 4.39 Å². The zero-order valence-electron chi connectivity index (χ0n) is 14.7. The molecule has 134 valence electrons. The highest BCUT2D eigenvalue weighted by molar-refractivity contribution is 5.78. The van der Waals surface area contributed by atoms with Crippen molar-refractivity contribution in [3.63, 3.8) is 0 Å². The smallest absolute Gasteiger partial charge is 0.227 e. The number of amides is 1. The van der Waals surface area contributed by atoms with Gasteiger partial charge in [-0.15, -0.1) is 0 Å². The summed E-state index contributed by atoms with van der Waals surface area (Å²) in [6.45, 7) is 7.33. The van der Waals surface area contributed by atoms with Gasteiger partial charge < -0.3 is 9.47 Å². The number of imidazole rings is 1. The second-order valence-electron chi connectivity index (χ2n) is 6.42. The van der Waals surface area contributed by atoms with Gasteiger partial charge in [0.15, 0.2) is 0 Å². The van der Waals surface area contributed by atoms with Gasteiger partial charge in [-0.2, -0.15) is 0 Å². The van der Waals surface area contributed by atoms with E-state index in [4.69, 9.17) is 0 Å². The Morgan fingerprint density at radius 1 is 1.12 bits per heavy atom. The molecule has 5 nitrogen and oxygen atoms in total. The highest BCUT2D eigenvalue weighted by Crippen LogP contribution is 2.09. The van der Waals surface area contributed by atoms with Crippen LogP contribution in [0.3, 0.4) is 0 Å². The Balaban J connectivity index is 1.43. The van der Waals surface area contributed by atoms with Crippen LogP contribution in [0, 0.1) is 5.82 Å². The summed E-state index contributed by atoms with van der Waals surface area (Å²) in [5.41, 5.74) is 0.862. The van der Waals surface area contributed by atoms with Gasteiger partial charge in [0.25, 0.3) is 0 Å². The van der Waals surface area contributed by atoms with Gasteiger partial charge in [0.05, 0.1) is 6.42 Å². The Labute approximate surface area is 148 Å². The lowest BCUT2D eigenvalue weighted by Crippen LogP contribution is -2.49. The third kappa shape index (κ3) is 4.66. The van der Waals surface area contributed by atoms with Crippen molar-refractivity contribution in [2.45, 2.75) is 26.3 Å². The van der Waals surface area contributed by atoms with Crippen LogP contribution in [0.25, 0.3) is 0 Å². The number of carbonyl (C=O) groups is 1. The minimum absolute atomic E-state index is 0.120. The first-order valence-corrected chi connectivity index (χ1v) is 8.90. The summed E-state index contributed by atoms with van der Waals surface area (Å²) in [5, 5.41) is 0. The number of hydrogen-bond acceptors (Lipinski definition) is 3. The predicted octanol–water partition coefficient (Wildman–Crippen LogP) is 1.97. The van der Waals surface area contributed by atoms with Crippen molar-refractivity contribution >= 4 is 5.91 Å². The number of hydrogen-bond donors (Lipinski definition) is 0. The maximum Gasteiger partial charge on any atom is 0.227 e. The van der Waals surface area contributed by atoms with Crippen molar-refractivity contribution < 1.29 is 9.18 Å². The van der Waals surface area contributed by atoms with Crippen molar-refractivity contribution in [1.82, 2.24) is 19.4 Å². The fourth-order valence-corrected chi connectivity index (χ4v) is 3.22. The first kappa shape index (κ1) is 17.6. The molecule has 0 saturated carbocycles. The van der Waals surface area contributed by atoms with Gasteiger partial charge in [-0.1, -0.05) is 19.1 Å². The zero-order valence-corrected chi connectivity index (χ0v) is 14.7. The Bertz CT molecular complexity index is 690. The number of halogens is 1. The van der Waals surface area contributed by atoms with Gasteiger partial charge in [-0.05, 0) is 17.7 Å². The number of benzene rings is 1. The molecule has 0 unspecified atom stereocenters. The Morgan fingerprint density at radius 2 is 1.84 bits per heavy atom. The number of rotatable bonds is 6. The number of aromatic nitrogens is 2. The fourth-order valence-electron chi connectivity index (χ4n) is 3.22. The lowest BCUT2D eigenvalue weighted by atomic mass is 10.1. The van der Waals surface area contributed by atoms with Crippen LogP contribution >= 0.6 is 0 Å². The Hall–Kier alpha value is -2.21. The lowest BCUT2D eigenvalue weighted by Gasteiger charge is -2.35. The monoisotopic (exact) mass is 344 g/mol. The van der Waals surface area contributed by atoms with E-state index in [1.54, 1.807) is 12.1 Å². The topological polar surface area (TPSA) is 41.4 Å². The largest absolute Gasteiger partial charge is 0.340 e. The Kier molecular flexibility index (Phi) is 5.81. The van der Waals surface area contributed by atoms with E-state index in [1.165, 1.54) is 12.1 Å². The molecule has 6 heteroatoms. The summed E-state index contributed by atoms with van der Waals surface area (Å²) >= 11 is 0. The molecule has 0 aliphatic carbocycles. The van der Waals surface area contributed by atoms with Crippen molar-refractivity contribution in [3.05, 3.63) is 53.9 Å². The molecule has 1 aromatic heterocycles. The molecule has 0 atom stereocenters.